The van der Waals surface area contributed by atoms with Crippen molar-refractivity contribution >= 4 is 17.6 Å². The van der Waals surface area contributed by atoms with Crippen molar-refractivity contribution in [2.75, 3.05) is 20.3 Å². The minimum atomic E-state index is -0.957. The zero-order valence-electron chi connectivity index (χ0n) is 16.6. The summed E-state index contributed by atoms with van der Waals surface area (Å²) in [6, 6.07) is 2.45. The summed E-state index contributed by atoms with van der Waals surface area (Å²) in [4.78, 5) is 37.4. The summed E-state index contributed by atoms with van der Waals surface area (Å²) >= 11 is 0. The lowest BCUT2D eigenvalue weighted by Gasteiger charge is -2.38. The molecule has 1 aliphatic heterocycles. The molecule has 1 fully saturated rings. The molecular weight excluding hydrogens is 368 g/mol. The molecule has 0 saturated carbocycles. The quantitative estimate of drug-likeness (QED) is 0.397. The molecule has 1 heterocycles. The fourth-order valence-corrected chi connectivity index (χ4v) is 3.48. The molecule has 28 heavy (non-hydrogen) atoms. The van der Waals surface area contributed by atoms with E-state index in [2.05, 4.69) is 0 Å². The zero-order valence-corrected chi connectivity index (χ0v) is 16.6. The third kappa shape index (κ3) is 4.71. The van der Waals surface area contributed by atoms with Crippen LogP contribution in [0, 0.1) is 10.1 Å². The lowest BCUT2D eigenvalue weighted by Crippen LogP contribution is -2.49. The molecule has 9 heteroatoms. The van der Waals surface area contributed by atoms with Gasteiger partial charge in [0.1, 0.15) is 5.56 Å². The minimum Gasteiger partial charge on any atom is -0.493 e. The number of piperidine rings is 1. The lowest BCUT2D eigenvalue weighted by molar-refractivity contribution is -0.385. The van der Waals surface area contributed by atoms with Gasteiger partial charge in [-0.2, -0.15) is 0 Å². The number of methoxy groups -OCH3 is 1. The maximum Gasteiger partial charge on any atom is 0.345 e. The van der Waals surface area contributed by atoms with E-state index in [-0.39, 0.29) is 41.7 Å². The van der Waals surface area contributed by atoms with E-state index in [1.165, 1.54) is 13.2 Å². The Morgan fingerprint density at radius 3 is 2.39 bits per heavy atom. The highest BCUT2D eigenvalue weighted by atomic mass is 16.6. The zero-order chi connectivity index (χ0) is 20.8. The Hall–Kier alpha value is -2.84. The summed E-state index contributed by atoms with van der Waals surface area (Å²) < 4.78 is 15.6. The van der Waals surface area contributed by atoms with Crippen LogP contribution >= 0.6 is 0 Å². The van der Waals surface area contributed by atoms with E-state index >= 15 is 0 Å². The molecule has 2 rings (SSSR count). The van der Waals surface area contributed by atoms with Crippen LogP contribution in [0.5, 0.6) is 11.5 Å². The number of hydrogen-bond donors (Lipinski definition) is 0. The molecule has 1 aromatic rings. The summed E-state index contributed by atoms with van der Waals surface area (Å²) in [6.07, 6.45) is 2.83. The Bertz CT molecular complexity index is 740. The molecular formula is C19H26N2O7. The van der Waals surface area contributed by atoms with E-state index in [9.17, 15) is 19.7 Å². The first kappa shape index (κ1) is 21.5. The van der Waals surface area contributed by atoms with Gasteiger partial charge < -0.3 is 19.1 Å². The molecule has 1 aliphatic rings. The van der Waals surface area contributed by atoms with Gasteiger partial charge in [0.05, 0.1) is 24.7 Å². The number of benzene rings is 1. The van der Waals surface area contributed by atoms with Crippen LogP contribution in [0.1, 0.15) is 50.4 Å². The van der Waals surface area contributed by atoms with Crippen molar-refractivity contribution < 1.29 is 28.7 Å². The van der Waals surface area contributed by atoms with Crippen LogP contribution in [0.25, 0.3) is 0 Å². The number of nitro groups is 1. The maximum absolute atomic E-state index is 12.5. The molecule has 9 nitrogen and oxygen atoms in total. The topological polar surface area (TPSA) is 108 Å². The van der Waals surface area contributed by atoms with Crippen LogP contribution in [0.15, 0.2) is 12.1 Å². The van der Waals surface area contributed by atoms with Gasteiger partial charge in [-0.05, 0) is 40.0 Å². The summed E-state index contributed by atoms with van der Waals surface area (Å²) in [7, 11) is 1.35. The van der Waals surface area contributed by atoms with Crippen molar-refractivity contribution in [1.29, 1.82) is 0 Å². The van der Waals surface area contributed by atoms with Crippen LogP contribution in [0.2, 0.25) is 0 Å². The Kier molecular flexibility index (Phi) is 7.19. The van der Waals surface area contributed by atoms with E-state index in [1.54, 1.807) is 11.8 Å². The van der Waals surface area contributed by atoms with E-state index in [0.29, 0.717) is 0 Å². The molecule has 154 valence electrons. The fourth-order valence-electron chi connectivity index (χ4n) is 3.48. The largest absolute Gasteiger partial charge is 0.493 e. The minimum absolute atomic E-state index is 0.0647. The molecule has 1 aromatic carbocycles. The van der Waals surface area contributed by atoms with Gasteiger partial charge in [-0.15, -0.1) is 0 Å². The standard InChI is InChI=1S/C19H26N2O7/c1-5-27-17-9-14(15(21(24)25)10-16(17)26-4)19(23)28-11-18(22)20-12(2)7-6-8-13(20)3/h9-10,12-13H,5-8,11H2,1-4H3/t12-,13-/m0/s1. The number of ether oxygens (including phenoxy) is 3. The molecule has 1 saturated heterocycles. The van der Waals surface area contributed by atoms with E-state index < -0.39 is 23.2 Å². The van der Waals surface area contributed by atoms with Crippen molar-refractivity contribution in [3.05, 3.63) is 27.8 Å². The van der Waals surface area contributed by atoms with E-state index in [0.717, 1.165) is 25.3 Å². The van der Waals surface area contributed by atoms with Crippen molar-refractivity contribution in [1.82, 2.24) is 4.90 Å². The molecule has 2 atom stereocenters. The van der Waals surface area contributed by atoms with Gasteiger partial charge in [0.15, 0.2) is 18.1 Å². The average molecular weight is 394 g/mol. The molecule has 0 N–H and O–H groups in total. The van der Waals surface area contributed by atoms with Crippen LogP contribution < -0.4 is 9.47 Å². The normalized spacial score (nSPS) is 19.1. The third-order valence-corrected chi connectivity index (χ3v) is 4.81. The number of rotatable bonds is 7. The van der Waals surface area contributed by atoms with Gasteiger partial charge in [0.25, 0.3) is 11.6 Å². The lowest BCUT2D eigenvalue weighted by atomic mass is 9.97. The summed E-state index contributed by atoms with van der Waals surface area (Å²) in [6.45, 7) is 5.46. The number of esters is 1. The number of amides is 1. The Labute approximate surface area is 163 Å². The predicted octanol–water partition coefficient (Wildman–Crippen LogP) is 2.95. The van der Waals surface area contributed by atoms with E-state index in [1.807, 2.05) is 13.8 Å². The van der Waals surface area contributed by atoms with Gasteiger partial charge in [0.2, 0.25) is 0 Å². The second kappa shape index (κ2) is 9.38. The molecule has 0 radical (unpaired) electrons. The fraction of sp³-hybridized carbons (Fsp3) is 0.579. The first-order valence-electron chi connectivity index (χ1n) is 9.27. The average Bonchev–Trinajstić information content (AvgIpc) is 2.65. The highest BCUT2D eigenvalue weighted by Gasteiger charge is 2.31. The summed E-state index contributed by atoms with van der Waals surface area (Å²) in [5.74, 6) is -0.945. The second-order valence-corrected chi connectivity index (χ2v) is 6.72. The monoisotopic (exact) mass is 394 g/mol. The first-order valence-corrected chi connectivity index (χ1v) is 9.27. The number of hydrogen-bond acceptors (Lipinski definition) is 7. The van der Waals surface area contributed by atoms with Gasteiger partial charge >= 0.3 is 5.97 Å². The van der Waals surface area contributed by atoms with Gasteiger partial charge in [-0.3, -0.25) is 14.9 Å². The Morgan fingerprint density at radius 2 is 1.86 bits per heavy atom. The molecule has 0 aliphatic carbocycles. The molecule has 0 bridgehead atoms. The van der Waals surface area contributed by atoms with Gasteiger partial charge in [0, 0.05) is 18.2 Å². The number of likely N-dealkylation sites (tertiary alicyclic amines) is 1. The SMILES string of the molecule is CCOc1cc(C(=O)OCC(=O)N2[C@@H](C)CCC[C@@H]2C)c([N+](=O)[O-])cc1OC. The van der Waals surface area contributed by atoms with Crippen molar-refractivity contribution in [2.24, 2.45) is 0 Å². The van der Waals surface area contributed by atoms with E-state index in [4.69, 9.17) is 14.2 Å². The predicted molar refractivity (Wildman–Crippen MR) is 101 cm³/mol. The number of nitro benzene ring substituents is 1. The van der Waals surface area contributed by atoms with Gasteiger partial charge in [-0.1, -0.05) is 0 Å². The maximum atomic E-state index is 12.5. The Balaban J connectivity index is 2.19. The highest BCUT2D eigenvalue weighted by Crippen LogP contribution is 2.35. The Morgan fingerprint density at radius 1 is 1.21 bits per heavy atom. The smallest absolute Gasteiger partial charge is 0.345 e. The second-order valence-electron chi connectivity index (χ2n) is 6.72. The molecule has 0 spiro atoms. The number of nitrogens with zero attached hydrogens (tertiary/aromatic N) is 2. The van der Waals surface area contributed by atoms with Crippen LogP contribution in [-0.2, 0) is 9.53 Å². The van der Waals surface area contributed by atoms with Crippen molar-refractivity contribution in [3.8, 4) is 11.5 Å². The summed E-state index contributed by atoms with van der Waals surface area (Å²) in [5, 5.41) is 11.4. The van der Waals surface area contributed by atoms with Crippen LogP contribution in [0.3, 0.4) is 0 Å². The van der Waals surface area contributed by atoms with Crippen molar-refractivity contribution in [2.45, 2.75) is 52.1 Å². The highest BCUT2D eigenvalue weighted by molar-refractivity contribution is 5.96. The van der Waals surface area contributed by atoms with Crippen LogP contribution in [-0.4, -0.2) is 54.1 Å². The van der Waals surface area contributed by atoms with Gasteiger partial charge in [-0.25, -0.2) is 4.79 Å². The van der Waals surface area contributed by atoms with Crippen LogP contribution in [0.4, 0.5) is 5.69 Å². The molecule has 0 unspecified atom stereocenters. The van der Waals surface area contributed by atoms with Crippen molar-refractivity contribution in [3.63, 3.8) is 0 Å². The number of carbonyl (C=O) groups excluding carboxylic acids is 2. The number of carbonyl (C=O) groups is 2. The summed E-state index contributed by atoms with van der Waals surface area (Å²) in [5.41, 5.74) is -0.765. The first-order chi connectivity index (χ1) is 13.3. The molecule has 0 aromatic heterocycles. The third-order valence-electron chi connectivity index (χ3n) is 4.81. The molecule has 1 amide bonds.